The molecule has 0 unspecified atom stereocenters. The summed E-state index contributed by atoms with van der Waals surface area (Å²) in [6, 6.07) is 3.81. The lowest BCUT2D eigenvalue weighted by atomic mass is 10.1. The molecule has 19 heavy (non-hydrogen) atoms. The lowest BCUT2D eigenvalue weighted by molar-refractivity contribution is -0.139. The zero-order valence-corrected chi connectivity index (χ0v) is 11.4. The van der Waals surface area contributed by atoms with E-state index in [1.807, 2.05) is 6.92 Å². The Kier molecular flexibility index (Phi) is 4.30. The van der Waals surface area contributed by atoms with E-state index in [1.54, 1.807) is 0 Å². The van der Waals surface area contributed by atoms with Gasteiger partial charge in [0.2, 0.25) is 0 Å². The number of hydrogen-bond acceptors (Lipinski definition) is 3. The molecule has 6 heteroatoms. The van der Waals surface area contributed by atoms with Gasteiger partial charge in [-0.15, -0.1) is 0 Å². The number of thiol groups is 1. The highest BCUT2D eigenvalue weighted by Gasteiger charge is 2.35. The van der Waals surface area contributed by atoms with Crippen molar-refractivity contribution < 1.29 is 17.9 Å². The molecule has 2 nitrogen and oxygen atoms in total. The molecule has 0 heterocycles. The summed E-state index contributed by atoms with van der Waals surface area (Å²) in [4.78, 5) is 0. The predicted octanol–water partition coefficient (Wildman–Crippen LogP) is 3.99. The molecule has 0 spiro atoms. The molecule has 2 rings (SSSR count). The average molecular weight is 291 g/mol. The topological polar surface area (TPSA) is 21.3 Å². The molecule has 1 fully saturated rings. The van der Waals surface area contributed by atoms with E-state index in [-0.39, 0.29) is 11.8 Å². The van der Waals surface area contributed by atoms with Gasteiger partial charge in [0.05, 0.1) is 12.2 Å². The summed E-state index contributed by atoms with van der Waals surface area (Å²) in [7, 11) is 0. The largest absolute Gasteiger partial charge is 0.493 e. The molecule has 0 saturated heterocycles. The predicted molar refractivity (Wildman–Crippen MR) is 70.2 cm³/mol. The molecule has 0 amide bonds. The highest BCUT2D eigenvalue weighted by atomic mass is 32.1. The number of rotatable bonds is 5. The van der Waals surface area contributed by atoms with Crippen LogP contribution in [0.1, 0.15) is 36.9 Å². The molecule has 1 aromatic carbocycles. The third-order valence-corrected chi connectivity index (χ3v) is 3.56. The second kappa shape index (κ2) is 5.63. The zero-order chi connectivity index (χ0) is 14.0. The van der Waals surface area contributed by atoms with Crippen LogP contribution in [-0.4, -0.2) is 6.61 Å². The molecule has 106 valence electrons. The van der Waals surface area contributed by atoms with Gasteiger partial charge in [-0.05, 0) is 43.4 Å². The molecule has 0 radical (unpaired) electrons. The minimum Gasteiger partial charge on any atom is -0.493 e. The summed E-state index contributed by atoms with van der Waals surface area (Å²) >= 11 is 3.93. The number of ether oxygens (including phenoxy) is 1. The van der Waals surface area contributed by atoms with Crippen LogP contribution in [-0.2, 0) is 6.18 Å². The summed E-state index contributed by atoms with van der Waals surface area (Å²) in [6.45, 7) is 2.18. The lowest BCUT2D eigenvalue weighted by Crippen LogP contribution is -2.12. The molecule has 0 aromatic heterocycles. The van der Waals surface area contributed by atoms with Crippen molar-refractivity contribution in [3.63, 3.8) is 0 Å². The van der Waals surface area contributed by atoms with Crippen molar-refractivity contribution in [3.8, 4) is 5.75 Å². The van der Waals surface area contributed by atoms with Crippen LogP contribution in [0.15, 0.2) is 18.2 Å². The number of alkyl halides is 3. The van der Waals surface area contributed by atoms with Crippen molar-refractivity contribution in [2.75, 3.05) is 6.61 Å². The molecule has 1 aliphatic carbocycles. The number of benzene rings is 1. The Morgan fingerprint density at radius 2 is 2.11 bits per heavy atom. The van der Waals surface area contributed by atoms with Gasteiger partial charge in [0.15, 0.2) is 0 Å². The van der Waals surface area contributed by atoms with Gasteiger partial charge in [0, 0.05) is 6.04 Å². The molecule has 1 aliphatic rings. The van der Waals surface area contributed by atoms with Crippen LogP contribution in [0.25, 0.3) is 0 Å². The molecular formula is C13H16F3NOS. The minimum absolute atomic E-state index is 0.0904. The molecular weight excluding hydrogens is 275 g/mol. The van der Waals surface area contributed by atoms with E-state index >= 15 is 0 Å². The van der Waals surface area contributed by atoms with Gasteiger partial charge in [-0.2, -0.15) is 13.2 Å². The number of hydrogen-bond donors (Lipinski definition) is 2. The normalized spacial score (nSPS) is 17.3. The number of nitrogens with one attached hydrogen (secondary N) is 1. The smallest absolute Gasteiger partial charge is 0.419 e. The zero-order valence-electron chi connectivity index (χ0n) is 10.5. The van der Waals surface area contributed by atoms with E-state index in [9.17, 15) is 13.2 Å². The quantitative estimate of drug-likeness (QED) is 0.800. The fourth-order valence-corrected chi connectivity index (χ4v) is 1.88. The van der Waals surface area contributed by atoms with Crippen LogP contribution in [0, 0.1) is 5.92 Å². The average Bonchev–Trinajstić information content (AvgIpc) is 3.17. The van der Waals surface area contributed by atoms with Crippen molar-refractivity contribution in [2.24, 2.45) is 5.92 Å². The van der Waals surface area contributed by atoms with Crippen LogP contribution < -0.4 is 9.46 Å². The van der Waals surface area contributed by atoms with Crippen molar-refractivity contribution >= 4 is 12.8 Å². The summed E-state index contributed by atoms with van der Waals surface area (Å²) in [6.07, 6.45) is -2.32. The third kappa shape index (κ3) is 3.79. The maximum absolute atomic E-state index is 12.9. The van der Waals surface area contributed by atoms with Crippen LogP contribution in [0.2, 0.25) is 0 Å². The van der Waals surface area contributed by atoms with Crippen molar-refractivity contribution in [1.29, 1.82) is 0 Å². The standard InChI is InChI=1S/C13H16F3NOS/c1-8(17-19)10-4-5-11(13(14,15)16)12(6-10)18-7-9-2-3-9/h4-6,8-9,17,19H,2-3,7H2,1H3/t8-/m0/s1. The third-order valence-electron chi connectivity index (χ3n) is 3.18. The summed E-state index contributed by atoms with van der Waals surface area (Å²) in [5.41, 5.74) is -0.00272. The first-order valence-electron chi connectivity index (χ1n) is 6.15. The van der Waals surface area contributed by atoms with Gasteiger partial charge in [0.25, 0.3) is 0 Å². The van der Waals surface area contributed by atoms with Crippen LogP contribution in [0.4, 0.5) is 13.2 Å². The van der Waals surface area contributed by atoms with Crippen LogP contribution >= 0.6 is 12.8 Å². The van der Waals surface area contributed by atoms with E-state index in [4.69, 9.17) is 4.74 Å². The first-order chi connectivity index (χ1) is 8.91. The monoisotopic (exact) mass is 291 g/mol. The summed E-state index contributed by atoms with van der Waals surface area (Å²) in [5.74, 6) is 0.317. The van der Waals surface area contributed by atoms with Gasteiger partial charge in [-0.3, -0.25) is 4.72 Å². The Bertz CT molecular complexity index is 446. The Balaban J connectivity index is 2.25. The second-order valence-corrected chi connectivity index (χ2v) is 5.12. The molecule has 0 bridgehead atoms. The molecule has 1 saturated carbocycles. The second-order valence-electron chi connectivity index (χ2n) is 4.86. The van der Waals surface area contributed by atoms with E-state index in [0.717, 1.165) is 18.9 Å². The molecule has 0 aliphatic heterocycles. The SMILES string of the molecule is C[C@H](NS)c1ccc(C(F)(F)F)c(OCC2CC2)c1. The van der Waals surface area contributed by atoms with E-state index in [2.05, 4.69) is 17.5 Å². The van der Waals surface area contributed by atoms with Gasteiger partial charge < -0.3 is 4.74 Å². The molecule has 1 N–H and O–H groups in total. The van der Waals surface area contributed by atoms with Gasteiger partial charge >= 0.3 is 6.18 Å². The van der Waals surface area contributed by atoms with Crippen molar-refractivity contribution in [1.82, 2.24) is 4.72 Å². The fraction of sp³-hybridized carbons (Fsp3) is 0.538. The van der Waals surface area contributed by atoms with Crippen molar-refractivity contribution in [3.05, 3.63) is 29.3 Å². The first kappa shape index (κ1) is 14.5. The van der Waals surface area contributed by atoms with E-state index < -0.39 is 11.7 Å². The van der Waals surface area contributed by atoms with Crippen LogP contribution in [0.5, 0.6) is 5.75 Å². The van der Waals surface area contributed by atoms with Gasteiger partial charge in [-0.25, -0.2) is 0 Å². The fourth-order valence-electron chi connectivity index (χ4n) is 1.73. The Hall–Kier alpha value is -0.880. The number of halogens is 3. The van der Waals surface area contributed by atoms with Gasteiger partial charge in [0.1, 0.15) is 5.75 Å². The summed E-state index contributed by atoms with van der Waals surface area (Å²) in [5, 5.41) is 0. The Morgan fingerprint density at radius 1 is 1.42 bits per heavy atom. The van der Waals surface area contributed by atoms with Gasteiger partial charge in [-0.1, -0.05) is 18.9 Å². The Labute approximate surface area is 115 Å². The van der Waals surface area contributed by atoms with E-state index in [0.29, 0.717) is 18.1 Å². The highest BCUT2D eigenvalue weighted by Crippen LogP contribution is 2.39. The van der Waals surface area contributed by atoms with Crippen molar-refractivity contribution in [2.45, 2.75) is 32.0 Å². The first-order valence-corrected chi connectivity index (χ1v) is 6.60. The molecule has 1 aromatic rings. The lowest BCUT2D eigenvalue weighted by Gasteiger charge is -2.17. The molecule has 1 atom stereocenters. The maximum atomic E-state index is 12.9. The minimum atomic E-state index is -4.39. The van der Waals surface area contributed by atoms with Crippen LogP contribution in [0.3, 0.4) is 0 Å². The van der Waals surface area contributed by atoms with E-state index in [1.165, 1.54) is 12.1 Å². The maximum Gasteiger partial charge on any atom is 0.419 e. The Morgan fingerprint density at radius 3 is 2.63 bits per heavy atom. The summed E-state index contributed by atoms with van der Waals surface area (Å²) < 4.78 is 46.7. The highest BCUT2D eigenvalue weighted by molar-refractivity contribution is 7.78.